The molecule has 14 heavy (non-hydrogen) atoms. The first-order valence-electron chi connectivity index (χ1n) is 6.16. The van der Waals surface area contributed by atoms with Crippen molar-refractivity contribution < 1.29 is 0 Å². The molecule has 0 heteroatoms. The van der Waals surface area contributed by atoms with Gasteiger partial charge in [0, 0.05) is 12.8 Å². The zero-order valence-electron chi connectivity index (χ0n) is 10.4. The highest BCUT2D eigenvalue weighted by Crippen LogP contribution is 2.10. The molecule has 2 unspecified atom stereocenters. The Morgan fingerprint density at radius 2 is 1.57 bits per heavy atom. The molecule has 0 fully saturated rings. The molecule has 0 heterocycles. The zero-order chi connectivity index (χ0) is 10.8. The molecule has 0 rings (SSSR count). The van der Waals surface area contributed by atoms with Gasteiger partial charge in [-0.1, -0.05) is 40.5 Å². The number of unbranched alkanes of at least 4 members (excludes halogenated alkanes) is 1. The summed E-state index contributed by atoms with van der Waals surface area (Å²) < 4.78 is 0. The van der Waals surface area contributed by atoms with E-state index in [1.54, 1.807) is 0 Å². The highest BCUT2D eigenvalue weighted by atomic mass is 14.0. The lowest BCUT2D eigenvalue weighted by Crippen LogP contribution is -1.91. The molecule has 0 amide bonds. The highest BCUT2D eigenvalue weighted by molar-refractivity contribution is 4.99. The van der Waals surface area contributed by atoms with Crippen molar-refractivity contribution in [3.63, 3.8) is 0 Å². The maximum Gasteiger partial charge on any atom is 0.0114 e. The molecule has 0 aliphatic rings. The molecule has 0 spiro atoms. The fourth-order valence-electron chi connectivity index (χ4n) is 1.22. The van der Waals surface area contributed by atoms with E-state index in [4.69, 9.17) is 0 Å². The third-order valence-corrected chi connectivity index (χ3v) is 2.97. The summed E-state index contributed by atoms with van der Waals surface area (Å²) in [5.74, 6) is 8.21. The van der Waals surface area contributed by atoms with Crippen LogP contribution in [0, 0.1) is 23.7 Å². The van der Waals surface area contributed by atoms with Crippen LogP contribution in [0.4, 0.5) is 0 Å². The van der Waals surface area contributed by atoms with Gasteiger partial charge in [0.25, 0.3) is 0 Å². The molecular formula is C14H26. The van der Waals surface area contributed by atoms with E-state index in [0.29, 0.717) is 0 Å². The van der Waals surface area contributed by atoms with Gasteiger partial charge in [-0.2, -0.15) is 0 Å². The van der Waals surface area contributed by atoms with E-state index in [-0.39, 0.29) is 0 Å². The van der Waals surface area contributed by atoms with Crippen molar-refractivity contribution in [1.82, 2.24) is 0 Å². The topological polar surface area (TPSA) is 0 Å². The minimum Gasteiger partial charge on any atom is -0.103 e. The van der Waals surface area contributed by atoms with E-state index in [1.165, 1.54) is 25.7 Å². The summed E-state index contributed by atoms with van der Waals surface area (Å²) in [4.78, 5) is 0. The lowest BCUT2D eigenvalue weighted by Gasteiger charge is -2.04. The molecule has 0 N–H and O–H groups in total. The average Bonchev–Trinajstić information content (AvgIpc) is 2.22. The monoisotopic (exact) mass is 194 g/mol. The van der Waals surface area contributed by atoms with E-state index >= 15 is 0 Å². The molecular weight excluding hydrogens is 168 g/mol. The summed E-state index contributed by atoms with van der Waals surface area (Å²) in [6.45, 7) is 9.09. The second kappa shape index (κ2) is 9.13. The molecule has 0 nitrogen and oxygen atoms in total. The Bertz CT molecular complexity index is 170. The first kappa shape index (κ1) is 13.6. The Balaban J connectivity index is 3.34. The van der Waals surface area contributed by atoms with Crippen LogP contribution in [-0.4, -0.2) is 0 Å². The van der Waals surface area contributed by atoms with Crippen molar-refractivity contribution in [2.45, 2.75) is 66.2 Å². The van der Waals surface area contributed by atoms with Crippen molar-refractivity contribution in [3.05, 3.63) is 0 Å². The Hall–Kier alpha value is -0.440. The summed E-state index contributed by atoms with van der Waals surface area (Å²) in [5, 5.41) is 0. The van der Waals surface area contributed by atoms with Gasteiger partial charge in [0.1, 0.15) is 0 Å². The second-order valence-electron chi connectivity index (χ2n) is 4.48. The zero-order valence-corrected chi connectivity index (χ0v) is 10.4. The number of hydrogen-bond donors (Lipinski definition) is 0. The third-order valence-electron chi connectivity index (χ3n) is 2.97. The molecule has 0 aliphatic carbocycles. The maximum absolute atomic E-state index is 3.28. The van der Waals surface area contributed by atoms with Gasteiger partial charge in [-0.05, 0) is 24.7 Å². The first-order chi connectivity index (χ1) is 6.70. The van der Waals surface area contributed by atoms with Gasteiger partial charge in [-0.3, -0.25) is 0 Å². The van der Waals surface area contributed by atoms with Gasteiger partial charge < -0.3 is 0 Å². The molecule has 0 aromatic heterocycles. The van der Waals surface area contributed by atoms with Crippen LogP contribution in [0.5, 0.6) is 0 Å². The first-order valence-corrected chi connectivity index (χ1v) is 6.16. The van der Waals surface area contributed by atoms with Crippen molar-refractivity contribution in [1.29, 1.82) is 0 Å². The second-order valence-corrected chi connectivity index (χ2v) is 4.48. The molecule has 0 aromatic rings. The molecule has 82 valence electrons. The molecule has 0 saturated carbocycles. The Morgan fingerprint density at radius 3 is 2.14 bits per heavy atom. The average molecular weight is 194 g/mol. The van der Waals surface area contributed by atoms with Crippen LogP contribution in [0.25, 0.3) is 0 Å². The van der Waals surface area contributed by atoms with Crippen LogP contribution < -0.4 is 0 Å². The third kappa shape index (κ3) is 8.17. The van der Waals surface area contributed by atoms with E-state index < -0.39 is 0 Å². The highest BCUT2D eigenvalue weighted by Gasteiger charge is 1.96. The molecule has 0 aromatic carbocycles. The van der Waals surface area contributed by atoms with Crippen LogP contribution in [0.1, 0.15) is 66.2 Å². The Labute approximate surface area is 90.5 Å². The van der Waals surface area contributed by atoms with Gasteiger partial charge in [0.15, 0.2) is 0 Å². The van der Waals surface area contributed by atoms with Crippen LogP contribution in [0.2, 0.25) is 0 Å². The SMILES string of the molecule is CCC(C)CC#CCCCC(C)CC. The van der Waals surface area contributed by atoms with Crippen molar-refractivity contribution in [3.8, 4) is 11.8 Å². The van der Waals surface area contributed by atoms with E-state index in [0.717, 1.165) is 24.7 Å². The lowest BCUT2D eigenvalue weighted by atomic mass is 10.0. The van der Waals surface area contributed by atoms with E-state index in [2.05, 4.69) is 39.5 Å². The molecule has 0 bridgehead atoms. The normalized spacial score (nSPS) is 14.3. The van der Waals surface area contributed by atoms with Crippen LogP contribution >= 0.6 is 0 Å². The van der Waals surface area contributed by atoms with Gasteiger partial charge >= 0.3 is 0 Å². The standard InChI is InChI=1S/C14H26/c1-5-13(3)11-9-7-8-10-12-14(4)6-2/h13-14H,5-7,9,11-12H2,1-4H3. The fourth-order valence-corrected chi connectivity index (χ4v) is 1.22. The molecule has 0 radical (unpaired) electrons. The minimum absolute atomic E-state index is 0.775. The van der Waals surface area contributed by atoms with Crippen molar-refractivity contribution in [2.24, 2.45) is 11.8 Å². The van der Waals surface area contributed by atoms with E-state index in [9.17, 15) is 0 Å². The summed E-state index contributed by atoms with van der Waals surface area (Å²) in [5.41, 5.74) is 0. The molecule has 2 atom stereocenters. The van der Waals surface area contributed by atoms with Crippen LogP contribution in [-0.2, 0) is 0 Å². The lowest BCUT2D eigenvalue weighted by molar-refractivity contribution is 0.500. The molecule has 0 aliphatic heterocycles. The summed E-state index contributed by atoms with van der Waals surface area (Å²) in [6, 6.07) is 0. The van der Waals surface area contributed by atoms with Crippen molar-refractivity contribution >= 4 is 0 Å². The summed E-state index contributed by atoms with van der Waals surface area (Å²) in [7, 11) is 0. The number of hydrogen-bond acceptors (Lipinski definition) is 0. The minimum atomic E-state index is 0.775. The summed E-state index contributed by atoms with van der Waals surface area (Å²) in [6.07, 6.45) is 7.36. The van der Waals surface area contributed by atoms with Crippen LogP contribution in [0.3, 0.4) is 0 Å². The van der Waals surface area contributed by atoms with Gasteiger partial charge in [0.05, 0.1) is 0 Å². The van der Waals surface area contributed by atoms with Crippen LogP contribution in [0.15, 0.2) is 0 Å². The molecule has 0 saturated heterocycles. The van der Waals surface area contributed by atoms with Gasteiger partial charge in [0.2, 0.25) is 0 Å². The fraction of sp³-hybridized carbons (Fsp3) is 0.857. The predicted octanol–water partition coefficient (Wildman–Crippen LogP) is 4.64. The smallest absolute Gasteiger partial charge is 0.0114 e. The van der Waals surface area contributed by atoms with Gasteiger partial charge in [-0.25, -0.2) is 0 Å². The Kier molecular flexibility index (Phi) is 8.84. The van der Waals surface area contributed by atoms with E-state index in [1.807, 2.05) is 0 Å². The maximum atomic E-state index is 3.28. The van der Waals surface area contributed by atoms with Crippen molar-refractivity contribution in [2.75, 3.05) is 0 Å². The summed E-state index contributed by atoms with van der Waals surface area (Å²) >= 11 is 0. The van der Waals surface area contributed by atoms with Gasteiger partial charge in [-0.15, -0.1) is 11.8 Å². The largest absolute Gasteiger partial charge is 0.103 e. The predicted molar refractivity (Wildman–Crippen MR) is 65.2 cm³/mol. The Morgan fingerprint density at radius 1 is 0.929 bits per heavy atom. The number of rotatable bonds is 6. The quantitative estimate of drug-likeness (QED) is 0.427.